The number of nitrogens with zero attached hydrogens (tertiary/aromatic N) is 15. The molecule has 6 aromatic rings. The number of amides is 3. The molecular formula is C65H79F6N21O5. The SMILES string of the molecule is CN1CCN(c2ccc(NC(=O)c3ncc(C#N)[nH]3)c(N3CCCC(F)C3)c2)CC1.CN1CCN(c2ccc(NC(=O)c3ncc(C#N)[nH]3)c(N3CCCC(F)C3)c2)CC1.CN1CCN(c2ccc(NC(=O)c3ncc(C#N)[nH]3)c(N3CCCC(F)C3)c2)CC1.O=C(O)C(F)(F)F. The van der Waals surface area contributed by atoms with Crippen molar-refractivity contribution in [1.82, 2.24) is 44.6 Å². The minimum atomic E-state index is -5.08. The summed E-state index contributed by atoms with van der Waals surface area (Å²) in [6.45, 7) is 14.7. The van der Waals surface area contributed by atoms with Crippen LogP contribution in [0.2, 0.25) is 0 Å². The lowest BCUT2D eigenvalue weighted by molar-refractivity contribution is -0.192. The average molecular weight is 1350 g/mol. The molecule has 0 spiro atoms. The number of carbonyl (C=O) groups is 4. The number of aromatic nitrogens is 6. The zero-order chi connectivity index (χ0) is 69.3. The summed E-state index contributed by atoms with van der Waals surface area (Å²) in [4.78, 5) is 86.6. The van der Waals surface area contributed by atoms with E-state index in [1.54, 1.807) is 0 Å². The Bertz CT molecular complexity index is 3430. The third kappa shape index (κ3) is 19.5. The summed E-state index contributed by atoms with van der Waals surface area (Å²) in [6, 6.07) is 23.5. The topological polar surface area (TPSA) is 311 Å². The van der Waals surface area contributed by atoms with Gasteiger partial charge in [-0.3, -0.25) is 14.4 Å². The van der Waals surface area contributed by atoms with Gasteiger partial charge in [0.05, 0.1) is 52.7 Å². The van der Waals surface area contributed by atoms with Crippen molar-refractivity contribution >= 4 is 74.9 Å². The Hall–Kier alpha value is -10.1. The Balaban J connectivity index is 0.000000162. The predicted molar refractivity (Wildman–Crippen MR) is 355 cm³/mol. The molecule has 3 aromatic carbocycles. The van der Waals surface area contributed by atoms with Crippen LogP contribution in [-0.2, 0) is 4.79 Å². The van der Waals surface area contributed by atoms with Gasteiger partial charge in [0.1, 0.15) is 53.8 Å². The number of imidazole rings is 3. The van der Waals surface area contributed by atoms with Gasteiger partial charge in [-0.05, 0) is 114 Å². The van der Waals surface area contributed by atoms with E-state index in [9.17, 15) is 40.7 Å². The summed E-state index contributed by atoms with van der Waals surface area (Å²) in [5.74, 6) is -3.84. The Kier molecular flexibility index (Phi) is 24.2. The molecule has 26 nitrogen and oxygen atoms in total. The summed E-state index contributed by atoms with van der Waals surface area (Å²) < 4.78 is 74.1. The van der Waals surface area contributed by atoms with Crippen molar-refractivity contribution in [3.05, 3.63) is 108 Å². The van der Waals surface area contributed by atoms with Crippen LogP contribution in [0.5, 0.6) is 0 Å². The number of H-pyrrole nitrogens is 3. The fraction of sp³-hybridized carbons (Fsp3) is 0.477. The molecule has 6 saturated heterocycles. The van der Waals surface area contributed by atoms with Crippen LogP contribution >= 0.6 is 0 Å². The van der Waals surface area contributed by atoms with Crippen molar-refractivity contribution in [1.29, 1.82) is 15.8 Å². The van der Waals surface area contributed by atoms with Crippen LogP contribution in [-0.4, -0.2) is 237 Å². The molecule has 3 atom stereocenters. The largest absolute Gasteiger partial charge is 0.490 e. The van der Waals surface area contributed by atoms with Gasteiger partial charge in [-0.15, -0.1) is 0 Å². The fourth-order valence-electron chi connectivity index (χ4n) is 11.9. The Morgan fingerprint density at radius 2 is 0.711 bits per heavy atom. The number of rotatable bonds is 12. The second-order valence-corrected chi connectivity index (χ2v) is 24.5. The van der Waals surface area contributed by atoms with Crippen LogP contribution in [0.15, 0.2) is 73.2 Å². The molecule has 0 bridgehead atoms. The van der Waals surface area contributed by atoms with Crippen LogP contribution < -0.4 is 45.3 Å². The number of carboxylic acids is 1. The number of halogens is 6. The van der Waals surface area contributed by atoms with E-state index >= 15 is 0 Å². The van der Waals surface area contributed by atoms with E-state index in [0.717, 1.165) is 152 Å². The first-order valence-corrected chi connectivity index (χ1v) is 32.0. The number of anilines is 9. The number of piperidine rings is 3. The number of nitrogens with one attached hydrogen (secondary N) is 6. The van der Waals surface area contributed by atoms with E-state index in [2.05, 4.69) is 96.4 Å². The Morgan fingerprint density at radius 1 is 0.454 bits per heavy atom. The van der Waals surface area contributed by atoms with E-state index in [1.807, 2.05) is 87.5 Å². The molecule has 6 aliphatic heterocycles. The van der Waals surface area contributed by atoms with Gasteiger partial charge in [0.25, 0.3) is 17.7 Å². The zero-order valence-corrected chi connectivity index (χ0v) is 54.2. The molecule has 12 rings (SSSR count). The highest BCUT2D eigenvalue weighted by Gasteiger charge is 2.38. The number of nitriles is 3. The number of carboxylic acid groups (broad SMARTS) is 1. The molecule has 3 aromatic heterocycles. The second-order valence-electron chi connectivity index (χ2n) is 24.5. The molecule has 0 saturated carbocycles. The molecule has 3 amide bonds. The maximum absolute atomic E-state index is 14.1. The second kappa shape index (κ2) is 33.0. The van der Waals surface area contributed by atoms with Crippen LogP contribution in [0.3, 0.4) is 0 Å². The molecule has 516 valence electrons. The molecule has 32 heteroatoms. The van der Waals surface area contributed by atoms with E-state index in [4.69, 9.17) is 25.7 Å². The van der Waals surface area contributed by atoms with Gasteiger partial charge in [-0.25, -0.2) is 32.9 Å². The summed E-state index contributed by atoms with van der Waals surface area (Å²) >= 11 is 0. The molecule has 6 aliphatic rings. The smallest absolute Gasteiger partial charge is 0.475 e. The Labute approximate surface area is 557 Å². The van der Waals surface area contributed by atoms with Crippen molar-refractivity contribution in [2.24, 2.45) is 0 Å². The first kappa shape index (κ1) is 71.2. The molecular weight excluding hydrogens is 1270 g/mol. The number of hydrogen-bond acceptors (Lipinski definition) is 19. The van der Waals surface area contributed by atoms with E-state index in [-0.39, 0.29) is 34.6 Å². The number of hydrogen-bond donors (Lipinski definition) is 7. The third-order valence-electron chi connectivity index (χ3n) is 17.4. The lowest BCUT2D eigenvalue weighted by Crippen LogP contribution is -2.44. The quantitative estimate of drug-likeness (QED) is 0.0591. The molecule has 9 heterocycles. The summed E-state index contributed by atoms with van der Waals surface area (Å²) in [5, 5.41) is 42.6. The minimum absolute atomic E-state index is 0.0719. The number of alkyl halides is 6. The van der Waals surface area contributed by atoms with Crippen molar-refractivity contribution < 1.29 is 50.6 Å². The van der Waals surface area contributed by atoms with Gasteiger partial charge in [0, 0.05) is 135 Å². The van der Waals surface area contributed by atoms with Crippen LogP contribution in [0.4, 0.5) is 77.5 Å². The number of benzene rings is 3. The van der Waals surface area contributed by atoms with Crippen molar-refractivity contribution in [3.8, 4) is 18.2 Å². The lowest BCUT2D eigenvalue weighted by Gasteiger charge is -2.36. The third-order valence-corrected chi connectivity index (χ3v) is 17.4. The normalized spacial score (nSPS) is 19.5. The monoisotopic (exact) mass is 1350 g/mol. The molecule has 0 aliphatic carbocycles. The van der Waals surface area contributed by atoms with Gasteiger partial charge in [-0.2, -0.15) is 29.0 Å². The van der Waals surface area contributed by atoms with Gasteiger partial charge in [-0.1, -0.05) is 0 Å². The molecule has 6 fully saturated rings. The first-order chi connectivity index (χ1) is 46.5. The maximum Gasteiger partial charge on any atom is 0.490 e. The predicted octanol–water partition coefficient (Wildman–Crippen LogP) is 7.30. The van der Waals surface area contributed by atoms with E-state index in [1.165, 1.54) is 18.6 Å². The first-order valence-electron chi connectivity index (χ1n) is 32.0. The number of piperazine rings is 3. The summed E-state index contributed by atoms with van der Waals surface area (Å²) in [7, 11) is 6.34. The maximum atomic E-state index is 14.1. The van der Waals surface area contributed by atoms with Gasteiger partial charge in [0.2, 0.25) is 0 Å². The molecule has 0 radical (unpaired) electrons. The Morgan fingerprint density at radius 3 is 0.928 bits per heavy atom. The lowest BCUT2D eigenvalue weighted by atomic mass is 10.1. The van der Waals surface area contributed by atoms with Gasteiger partial charge < -0.3 is 80.1 Å². The van der Waals surface area contributed by atoms with Gasteiger partial charge >= 0.3 is 12.1 Å². The van der Waals surface area contributed by atoms with Crippen LogP contribution in [0.25, 0.3) is 0 Å². The summed E-state index contributed by atoms with van der Waals surface area (Å²) in [5.41, 5.74) is 8.17. The highest BCUT2D eigenvalue weighted by molar-refractivity contribution is 6.05. The minimum Gasteiger partial charge on any atom is -0.475 e. The fourth-order valence-corrected chi connectivity index (χ4v) is 11.9. The number of carbonyl (C=O) groups excluding carboxylic acids is 3. The number of aromatic amines is 3. The van der Waals surface area contributed by atoms with Crippen molar-refractivity contribution in [3.63, 3.8) is 0 Å². The van der Waals surface area contributed by atoms with Crippen molar-refractivity contribution in [2.45, 2.75) is 63.2 Å². The molecule has 3 unspecified atom stereocenters. The van der Waals surface area contributed by atoms with E-state index < -0.39 is 48.4 Å². The van der Waals surface area contributed by atoms with Crippen LogP contribution in [0, 0.1) is 34.0 Å². The van der Waals surface area contributed by atoms with Gasteiger partial charge in [0.15, 0.2) is 17.5 Å². The van der Waals surface area contributed by atoms with E-state index in [0.29, 0.717) is 56.0 Å². The standard InChI is InChI=1S/3C21H26FN7O.C2HF3O2/c3*1-27-7-9-28(10-8-27)17-4-5-18(19(11-17)29-6-2-3-15(22)14-29)26-21(30)20-24-13-16(12-23)25-20;3-2(4,5)1(6)7/h3*4-5,11,13,15H,2-3,6-10,14H2,1H3,(H,24,25)(H,26,30);(H,6,7). The van der Waals surface area contributed by atoms with Crippen molar-refractivity contribution in [2.75, 3.05) is 184 Å². The average Bonchev–Trinajstić information content (AvgIpc) is 1.06. The molecule has 7 N–H and O–H groups in total. The number of likely N-dealkylation sites (N-methyl/N-ethyl adjacent to an activating group) is 3. The highest BCUT2D eigenvalue weighted by atomic mass is 19.4. The molecule has 97 heavy (non-hydrogen) atoms. The highest BCUT2D eigenvalue weighted by Crippen LogP contribution is 2.38. The summed E-state index contributed by atoms with van der Waals surface area (Å²) in [6.07, 6.45) is 0.290. The number of aliphatic carboxylic acids is 1. The van der Waals surface area contributed by atoms with Crippen LogP contribution in [0.1, 0.15) is 87.5 Å². The zero-order valence-electron chi connectivity index (χ0n) is 54.2.